The van der Waals surface area contributed by atoms with E-state index < -0.39 is 9.73 Å². The van der Waals surface area contributed by atoms with Crippen molar-refractivity contribution in [1.82, 2.24) is 19.5 Å². The summed E-state index contributed by atoms with van der Waals surface area (Å²) in [6.07, 6.45) is 3.21. The number of aryl methyl sites for hydroxylation is 2. The standard InChI is InChI=1S/C20H26N6O2S/c1-13-6-7-17-16(10-13)21-15(3)26(17)20-22-18(24-29(4,5)27)11-19(23-20)25-8-9-28-12-14(25)2/h6-7,10-11,14H,8-9,12H2,1-5H3/t14-/m1/s1. The lowest BCUT2D eigenvalue weighted by atomic mass is 10.2. The van der Waals surface area contributed by atoms with E-state index in [1.165, 1.54) is 0 Å². The van der Waals surface area contributed by atoms with Crippen LogP contribution < -0.4 is 4.90 Å². The van der Waals surface area contributed by atoms with Gasteiger partial charge in [-0.2, -0.15) is 14.3 Å². The summed E-state index contributed by atoms with van der Waals surface area (Å²) >= 11 is 0. The number of nitrogens with zero attached hydrogens (tertiary/aromatic N) is 6. The highest BCUT2D eigenvalue weighted by molar-refractivity contribution is 7.92. The van der Waals surface area contributed by atoms with Gasteiger partial charge in [-0.25, -0.2) is 9.19 Å². The molecule has 0 bridgehead atoms. The largest absolute Gasteiger partial charge is 0.377 e. The summed E-state index contributed by atoms with van der Waals surface area (Å²) in [6, 6.07) is 8.09. The lowest BCUT2D eigenvalue weighted by Gasteiger charge is -2.34. The topological polar surface area (TPSA) is 85.5 Å². The van der Waals surface area contributed by atoms with Crippen LogP contribution >= 0.6 is 0 Å². The molecule has 9 heteroatoms. The van der Waals surface area contributed by atoms with E-state index >= 15 is 0 Å². The maximum Gasteiger partial charge on any atom is 0.239 e. The molecule has 1 atom stereocenters. The Morgan fingerprint density at radius 2 is 1.97 bits per heavy atom. The first kappa shape index (κ1) is 19.8. The second kappa shape index (κ2) is 7.38. The number of anilines is 1. The van der Waals surface area contributed by atoms with Crippen LogP contribution in [0.15, 0.2) is 28.6 Å². The lowest BCUT2D eigenvalue weighted by Crippen LogP contribution is -2.44. The van der Waals surface area contributed by atoms with Gasteiger partial charge in [0, 0.05) is 34.9 Å². The van der Waals surface area contributed by atoms with E-state index in [1.54, 1.807) is 18.6 Å². The van der Waals surface area contributed by atoms with Crippen molar-refractivity contribution >= 4 is 32.4 Å². The predicted molar refractivity (Wildman–Crippen MR) is 116 cm³/mol. The van der Waals surface area contributed by atoms with Gasteiger partial charge in [0.25, 0.3) is 0 Å². The molecule has 8 nitrogen and oxygen atoms in total. The molecular weight excluding hydrogens is 388 g/mol. The molecule has 4 rings (SSSR count). The van der Waals surface area contributed by atoms with E-state index in [9.17, 15) is 4.21 Å². The van der Waals surface area contributed by atoms with Gasteiger partial charge in [-0.3, -0.25) is 4.57 Å². The minimum Gasteiger partial charge on any atom is -0.377 e. The van der Waals surface area contributed by atoms with E-state index in [0.717, 1.165) is 34.8 Å². The van der Waals surface area contributed by atoms with Crippen molar-refractivity contribution in [2.45, 2.75) is 26.8 Å². The van der Waals surface area contributed by atoms with Crippen molar-refractivity contribution in [3.63, 3.8) is 0 Å². The van der Waals surface area contributed by atoms with Crippen molar-refractivity contribution in [2.75, 3.05) is 37.2 Å². The maximum absolute atomic E-state index is 12.3. The molecule has 0 N–H and O–H groups in total. The van der Waals surface area contributed by atoms with E-state index in [1.807, 2.05) is 36.6 Å². The second-order valence-electron chi connectivity index (χ2n) is 7.76. The molecule has 0 radical (unpaired) electrons. The Kier molecular flexibility index (Phi) is 5.04. The van der Waals surface area contributed by atoms with Crippen LogP contribution in [0.3, 0.4) is 0 Å². The number of rotatable bonds is 3. The summed E-state index contributed by atoms with van der Waals surface area (Å²) in [5.41, 5.74) is 2.97. The van der Waals surface area contributed by atoms with Gasteiger partial charge < -0.3 is 9.64 Å². The van der Waals surface area contributed by atoms with Crippen LogP contribution in [0.1, 0.15) is 18.3 Å². The number of benzene rings is 1. The summed E-state index contributed by atoms with van der Waals surface area (Å²) < 4.78 is 24.2. The highest BCUT2D eigenvalue weighted by Gasteiger charge is 2.23. The van der Waals surface area contributed by atoms with Gasteiger partial charge >= 0.3 is 0 Å². The van der Waals surface area contributed by atoms with Gasteiger partial charge in [0.15, 0.2) is 5.82 Å². The van der Waals surface area contributed by atoms with Crippen molar-refractivity contribution in [3.8, 4) is 5.95 Å². The normalized spacial score (nSPS) is 17.7. The van der Waals surface area contributed by atoms with Crippen LogP contribution in [-0.2, 0) is 14.5 Å². The summed E-state index contributed by atoms with van der Waals surface area (Å²) in [5, 5.41) is 0. The van der Waals surface area contributed by atoms with Crippen molar-refractivity contribution in [3.05, 3.63) is 35.7 Å². The van der Waals surface area contributed by atoms with Crippen LogP contribution in [0.5, 0.6) is 0 Å². The zero-order chi connectivity index (χ0) is 20.8. The fraction of sp³-hybridized carbons (Fsp3) is 0.450. The Hall–Kier alpha value is -2.52. The first-order valence-corrected chi connectivity index (χ1v) is 11.9. The summed E-state index contributed by atoms with van der Waals surface area (Å²) in [5.74, 6) is 2.43. The molecule has 0 spiro atoms. The van der Waals surface area contributed by atoms with Gasteiger partial charge in [-0.1, -0.05) is 6.07 Å². The zero-order valence-corrected chi connectivity index (χ0v) is 18.2. The Morgan fingerprint density at radius 1 is 1.17 bits per heavy atom. The van der Waals surface area contributed by atoms with Crippen LogP contribution in [0, 0.1) is 13.8 Å². The van der Waals surface area contributed by atoms with Crippen molar-refractivity contribution in [2.24, 2.45) is 4.36 Å². The van der Waals surface area contributed by atoms with Crippen LogP contribution in [0.2, 0.25) is 0 Å². The Bertz CT molecular complexity index is 1190. The van der Waals surface area contributed by atoms with E-state index in [2.05, 4.69) is 26.2 Å². The van der Waals surface area contributed by atoms with Gasteiger partial charge in [-0.15, -0.1) is 0 Å². The molecular formula is C20H26N6O2S. The summed E-state index contributed by atoms with van der Waals surface area (Å²) in [7, 11) is -2.37. The predicted octanol–water partition coefficient (Wildman–Crippen LogP) is 3.02. The quantitative estimate of drug-likeness (QED) is 0.655. The first-order chi connectivity index (χ1) is 13.7. The SMILES string of the molecule is Cc1ccc2c(c1)nc(C)n2-c1nc(N=S(C)(C)=O)cc(N2CCOC[C@H]2C)n1. The first-order valence-electron chi connectivity index (χ1n) is 9.58. The van der Waals surface area contributed by atoms with Gasteiger partial charge in [0.2, 0.25) is 5.95 Å². The van der Waals surface area contributed by atoms with Crippen LogP contribution in [0.25, 0.3) is 17.0 Å². The van der Waals surface area contributed by atoms with Crippen molar-refractivity contribution < 1.29 is 8.95 Å². The smallest absolute Gasteiger partial charge is 0.239 e. The third-order valence-corrected chi connectivity index (χ3v) is 5.47. The fourth-order valence-electron chi connectivity index (χ4n) is 3.56. The number of hydrogen-bond acceptors (Lipinski definition) is 7. The minimum absolute atomic E-state index is 0.176. The molecule has 1 fully saturated rings. The molecule has 1 aliphatic heterocycles. The highest BCUT2D eigenvalue weighted by Crippen LogP contribution is 2.27. The third kappa shape index (κ3) is 4.11. The third-order valence-electron chi connectivity index (χ3n) is 4.84. The summed E-state index contributed by atoms with van der Waals surface area (Å²) in [4.78, 5) is 16.3. The number of hydrogen-bond donors (Lipinski definition) is 0. The lowest BCUT2D eigenvalue weighted by molar-refractivity contribution is 0.0985. The number of ether oxygens (including phenoxy) is 1. The second-order valence-corrected chi connectivity index (χ2v) is 10.3. The average molecular weight is 415 g/mol. The van der Waals surface area contributed by atoms with Gasteiger partial charge in [0.05, 0.1) is 30.3 Å². The van der Waals surface area contributed by atoms with Crippen molar-refractivity contribution in [1.29, 1.82) is 0 Å². The maximum atomic E-state index is 12.3. The Labute approximate surface area is 171 Å². The molecule has 0 unspecified atom stereocenters. The Balaban J connectivity index is 1.94. The average Bonchev–Trinajstić information content (AvgIpc) is 2.95. The molecule has 0 aliphatic carbocycles. The van der Waals surface area contributed by atoms with Crippen LogP contribution in [-0.4, -0.2) is 62.0 Å². The number of morpholine rings is 1. The molecule has 2 aromatic heterocycles. The number of imidazole rings is 1. The molecule has 154 valence electrons. The summed E-state index contributed by atoms with van der Waals surface area (Å²) in [6.45, 7) is 8.08. The van der Waals surface area contributed by atoms with Gasteiger partial charge in [0.1, 0.15) is 11.6 Å². The van der Waals surface area contributed by atoms with E-state index in [0.29, 0.717) is 25.0 Å². The van der Waals surface area contributed by atoms with E-state index in [-0.39, 0.29) is 6.04 Å². The number of aromatic nitrogens is 4. The monoisotopic (exact) mass is 414 g/mol. The molecule has 1 saturated heterocycles. The fourth-order valence-corrected chi connectivity index (χ4v) is 4.10. The molecule has 3 heterocycles. The molecule has 1 aromatic carbocycles. The van der Waals surface area contributed by atoms with Gasteiger partial charge in [-0.05, 0) is 38.5 Å². The number of fused-ring (bicyclic) bond motifs is 1. The van der Waals surface area contributed by atoms with E-state index in [4.69, 9.17) is 9.72 Å². The molecule has 0 amide bonds. The highest BCUT2D eigenvalue weighted by atomic mass is 32.2. The zero-order valence-electron chi connectivity index (χ0n) is 17.4. The minimum atomic E-state index is -2.37. The molecule has 1 aliphatic rings. The molecule has 29 heavy (non-hydrogen) atoms. The van der Waals surface area contributed by atoms with Crippen LogP contribution in [0.4, 0.5) is 11.6 Å². The molecule has 3 aromatic rings. The Morgan fingerprint density at radius 3 is 2.69 bits per heavy atom. The molecule has 0 saturated carbocycles.